The van der Waals surface area contributed by atoms with Crippen LogP contribution in [0.3, 0.4) is 0 Å². The summed E-state index contributed by atoms with van der Waals surface area (Å²) in [6.45, 7) is 2.35. The summed E-state index contributed by atoms with van der Waals surface area (Å²) >= 11 is 0. The fourth-order valence-corrected chi connectivity index (χ4v) is 3.78. The summed E-state index contributed by atoms with van der Waals surface area (Å²) in [6.07, 6.45) is 12.9. The van der Waals surface area contributed by atoms with E-state index in [0.29, 0.717) is 0 Å². The van der Waals surface area contributed by atoms with Gasteiger partial charge in [0.2, 0.25) is 0 Å². The van der Waals surface area contributed by atoms with Crippen LogP contribution < -0.4 is 10.6 Å². The van der Waals surface area contributed by atoms with Gasteiger partial charge in [-0.2, -0.15) is 0 Å². The van der Waals surface area contributed by atoms with Crippen LogP contribution in [0.15, 0.2) is 12.4 Å². The SMILES string of the molecule is c1c[nH]c(CCCNC2CCCC2C2CCCN2)n1. The van der Waals surface area contributed by atoms with Gasteiger partial charge in [0.15, 0.2) is 0 Å². The van der Waals surface area contributed by atoms with E-state index in [4.69, 9.17) is 0 Å². The van der Waals surface area contributed by atoms with Crippen molar-refractivity contribution in [3.8, 4) is 0 Å². The van der Waals surface area contributed by atoms with Crippen LogP contribution in [0.2, 0.25) is 0 Å². The third-order valence-corrected chi connectivity index (χ3v) is 4.74. The number of aromatic nitrogens is 2. The molecule has 1 saturated heterocycles. The molecule has 3 unspecified atom stereocenters. The molecular weight excluding hydrogens is 236 g/mol. The number of nitrogens with zero attached hydrogens (tertiary/aromatic N) is 1. The largest absolute Gasteiger partial charge is 0.349 e. The van der Waals surface area contributed by atoms with Crippen LogP contribution in [-0.2, 0) is 6.42 Å². The minimum atomic E-state index is 0.743. The zero-order chi connectivity index (χ0) is 12.9. The lowest BCUT2D eigenvalue weighted by Crippen LogP contribution is -2.42. The van der Waals surface area contributed by atoms with Crippen molar-refractivity contribution >= 4 is 0 Å². The average molecular weight is 262 g/mol. The van der Waals surface area contributed by atoms with Crippen molar-refractivity contribution in [1.82, 2.24) is 20.6 Å². The predicted molar refractivity (Wildman–Crippen MR) is 77.1 cm³/mol. The number of rotatable bonds is 6. The Bertz CT molecular complexity index is 356. The highest BCUT2D eigenvalue weighted by atomic mass is 15.0. The van der Waals surface area contributed by atoms with Gasteiger partial charge in [-0.3, -0.25) is 0 Å². The number of hydrogen-bond donors (Lipinski definition) is 3. The van der Waals surface area contributed by atoms with Crippen LogP contribution >= 0.6 is 0 Å². The first-order chi connectivity index (χ1) is 9.43. The van der Waals surface area contributed by atoms with Crippen LogP contribution in [-0.4, -0.2) is 35.1 Å². The minimum absolute atomic E-state index is 0.743. The lowest BCUT2D eigenvalue weighted by molar-refractivity contribution is 0.320. The molecule has 2 fully saturated rings. The summed E-state index contributed by atoms with van der Waals surface area (Å²) in [4.78, 5) is 7.44. The highest BCUT2D eigenvalue weighted by Gasteiger charge is 2.34. The quantitative estimate of drug-likeness (QED) is 0.686. The molecule has 3 N–H and O–H groups in total. The maximum Gasteiger partial charge on any atom is 0.106 e. The zero-order valence-corrected chi connectivity index (χ0v) is 11.7. The van der Waals surface area contributed by atoms with Crippen molar-refractivity contribution in [3.63, 3.8) is 0 Å². The number of aromatic amines is 1. The standard InChI is InChI=1S/C15H26N4/c1-4-12(14-6-2-8-16-14)13(5-1)17-9-3-7-15-18-10-11-19-15/h10-14,16-17H,1-9H2,(H,18,19). The summed E-state index contributed by atoms with van der Waals surface area (Å²) in [5.41, 5.74) is 0. The number of imidazole rings is 1. The first-order valence-corrected chi connectivity index (χ1v) is 7.88. The van der Waals surface area contributed by atoms with Gasteiger partial charge in [0, 0.05) is 30.9 Å². The van der Waals surface area contributed by atoms with E-state index in [2.05, 4.69) is 20.6 Å². The average Bonchev–Trinajstić information content (AvgIpc) is 3.15. The van der Waals surface area contributed by atoms with Crippen LogP contribution in [0.25, 0.3) is 0 Å². The first kappa shape index (κ1) is 13.1. The molecule has 1 aromatic rings. The maximum absolute atomic E-state index is 4.27. The molecule has 2 heterocycles. The molecule has 0 amide bonds. The molecule has 1 saturated carbocycles. The summed E-state index contributed by atoms with van der Waals surface area (Å²) in [5.74, 6) is 1.98. The van der Waals surface area contributed by atoms with Gasteiger partial charge in [-0.25, -0.2) is 4.98 Å². The van der Waals surface area contributed by atoms with Gasteiger partial charge in [-0.1, -0.05) is 6.42 Å². The summed E-state index contributed by atoms with van der Waals surface area (Å²) < 4.78 is 0. The minimum Gasteiger partial charge on any atom is -0.349 e. The monoisotopic (exact) mass is 262 g/mol. The summed E-state index contributed by atoms with van der Waals surface area (Å²) in [5, 5.41) is 7.48. The Labute approximate surface area is 115 Å². The van der Waals surface area contributed by atoms with Crippen LogP contribution in [0.1, 0.15) is 44.3 Å². The lowest BCUT2D eigenvalue weighted by Gasteiger charge is -2.26. The molecule has 106 valence electrons. The number of aryl methyl sites for hydroxylation is 1. The molecule has 1 aliphatic heterocycles. The Morgan fingerprint density at radius 3 is 3.05 bits per heavy atom. The second-order valence-corrected chi connectivity index (χ2v) is 6.00. The Morgan fingerprint density at radius 2 is 2.26 bits per heavy atom. The van der Waals surface area contributed by atoms with E-state index in [9.17, 15) is 0 Å². The van der Waals surface area contributed by atoms with Crippen molar-refractivity contribution in [2.75, 3.05) is 13.1 Å². The third kappa shape index (κ3) is 3.37. The highest BCUT2D eigenvalue weighted by Crippen LogP contribution is 2.31. The Balaban J connectivity index is 1.39. The van der Waals surface area contributed by atoms with Gasteiger partial charge in [-0.15, -0.1) is 0 Å². The van der Waals surface area contributed by atoms with Crippen LogP contribution in [0, 0.1) is 5.92 Å². The van der Waals surface area contributed by atoms with E-state index in [0.717, 1.165) is 36.8 Å². The van der Waals surface area contributed by atoms with E-state index in [1.807, 2.05) is 12.4 Å². The maximum atomic E-state index is 4.27. The molecule has 4 nitrogen and oxygen atoms in total. The van der Waals surface area contributed by atoms with Crippen molar-refractivity contribution in [2.45, 2.75) is 57.0 Å². The third-order valence-electron chi connectivity index (χ3n) is 4.74. The van der Waals surface area contributed by atoms with Gasteiger partial charge < -0.3 is 15.6 Å². The van der Waals surface area contributed by atoms with Crippen molar-refractivity contribution in [1.29, 1.82) is 0 Å². The fourth-order valence-electron chi connectivity index (χ4n) is 3.78. The molecule has 3 atom stereocenters. The van der Waals surface area contributed by atoms with E-state index in [-0.39, 0.29) is 0 Å². The van der Waals surface area contributed by atoms with E-state index in [1.165, 1.54) is 45.1 Å². The molecule has 3 rings (SSSR count). The molecule has 4 heteroatoms. The molecule has 0 spiro atoms. The molecular formula is C15H26N4. The molecule has 1 aliphatic carbocycles. The second kappa shape index (κ2) is 6.53. The molecule has 0 aromatic carbocycles. The molecule has 0 radical (unpaired) electrons. The number of nitrogens with one attached hydrogen (secondary N) is 3. The van der Waals surface area contributed by atoms with Gasteiger partial charge in [-0.05, 0) is 51.1 Å². The van der Waals surface area contributed by atoms with Gasteiger partial charge in [0.1, 0.15) is 5.82 Å². The smallest absolute Gasteiger partial charge is 0.106 e. The van der Waals surface area contributed by atoms with Gasteiger partial charge >= 0.3 is 0 Å². The molecule has 2 aliphatic rings. The predicted octanol–water partition coefficient (Wildman–Crippen LogP) is 1.85. The zero-order valence-electron chi connectivity index (χ0n) is 11.7. The van der Waals surface area contributed by atoms with Crippen molar-refractivity contribution in [3.05, 3.63) is 18.2 Å². The lowest BCUT2D eigenvalue weighted by atomic mass is 9.93. The number of H-pyrrole nitrogens is 1. The molecule has 1 aromatic heterocycles. The topological polar surface area (TPSA) is 52.7 Å². The van der Waals surface area contributed by atoms with Crippen molar-refractivity contribution < 1.29 is 0 Å². The summed E-state index contributed by atoms with van der Waals surface area (Å²) in [6, 6.07) is 1.53. The van der Waals surface area contributed by atoms with Gasteiger partial charge in [0.25, 0.3) is 0 Å². The van der Waals surface area contributed by atoms with Gasteiger partial charge in [0.05, 0.1) is 0 Å². The highest BCUT2D eigenvalue weighted by molar-refractivity contribution is 4.93. The molecule has 19 heavy (non-hydrogen) atoms. The summed E-state index contributed by atoms with van der Waals surface area (Å²) in [7, 11) is 0. The first-order valence-electron chi connectivity index (χ1n) is 7.88. The Kier molecular flexibility index (Phi) is 4.51. The van der Waals surface area contributed by atoms with Crippen molar-refractivity contribution in [2.24, 2.45) is 5.92 Å². The fraction of sp³-hybridized carbons (Fsp3) is 0.800. The normalized spacial score (nSPS) is 31.1. The number of hydrogen-bond acceptors (Lipinski definition) is 3. The van der Waals surface area contributed by atoms with Crippen LogP contribution in [0.4, 0.5) is 0 Å². The second-order valence-electron chi connectivity index (χ2n) is 6.00. The van der Waals surface area contributed by atoms with E-state index < -0.39 is 0 Å². The van der Waals surface area contributed by atoms with Crippen LogP contribution in [0.5, 0.6) is 0 Å². The van der Waals surface area contributed by atoms with E-state index in [1.54, 1.807) is 0 Å². The Morgan fingerprint density at radius 1 is 1.26 bits per heavy atom. The molecule has 0 bridgehead atoms. The van der Waals surface area contributed by atoms with E-state index >= 15 is 0 Å². The Hall–Kier alpha value is -0.870.